The van der Waals surface area contributed by atoms with E-state index in [4.69, 9.17) is 0 Å². The Morgan fingerprint density at radius 2 is 1.85 bits per heavy atom. The molecule has 0 radical (unpaired) electrons. The Labute approximate surface area is 120 Å². The Hall–Kier alpha value is -1.06. The topological polar surface area (TPSA) is 74.6 Å². The third-order valence-corrected chi connectivity index (χ3v) is 5.58. The molecular weight excluding hydrogens is 256 g/mol. The van der Waals surface area contributed by atoms with Crippen molar-refractivity contribution in [3.63, 3.8) is 0 Å². The van der Waals surface area contributed by atoms with Crippen LogP contribution in [0.1, 0.15) is 52.4 Å². The molecule has 2 rings (SSSR count). The second-order valence-electron chi connectivity index (χ2n) is 6.74. The van der Waals surface area contributed by atoms with Gasteiger partial charge < -0.3 is 10.2 Å². The summed E-state index contributed by atoms with van der Waals surface area (Å²) in [5, 5.41) is 19.1. The number of carboxylic acids is 2. The van der Waals surface area contributed by atoms with E-state index in [1.807, 2.05) is 6.92 Å². The summed E-state index contributed by atoms with van der Waals surface area (Å²) >= 11 is 0. The summed E-state index contributed by atoms with van der Waals surface area (Å²) in [5.41, 5.74) is 0. The molecular formula is C16H26O4. The molecule has 2 fully saturated rings. The first kappa shape index (κ1) is 15.3. The number of hydrogen-bond acceptors (Lipinski definition) is 2. The van der Waals surface area contributed by atoms with Gasteiger partial charge in [0.1, 0.15) is 0 Å². The maximum atomic E-state index is 11.6. The van der Waals surface area contributed by atoms with Crippen LogP contribution >= 0.6 is 0 Å². The van der Waals surface area contributed by atoms with Gasteiger partial charge in [-0.1, -0.05) is 39.5 Å². The van der Waals surface area contributed by atoms with Crippen LogP contribution in [0.2, 0.25) is 0 Å². The van der Waals surface area contributed by atoms with Crippen LogP contribution < -0.4 is 0 Å². The summed E-state index contributed by atoms with van der Waals surface area (Å²) in [7, 11) is 0. The molecule has 0 heterocycles. The van der Waals surface area contributed by atoms with Crippen LogP contribution in [0, 0.1) is 35.5 Å². The molecule has 0 spiro atoms. The molecule has 2 aliphatic rings. The largest absolute Gasteiger partial charge is 0.481 e. The van der Waals surface area contributed by atoms with Crippen molar-refractivity contribution in [2.45, 2.75) is 52.4 Å². The van der Waals surface area contributed by atoms with Crippen LogP contribution in [0.5, 0.6) is 0 Å². The number of aliphatic carboxylic acids is 2. The van der Waals surface area contributed by atoms with E-state index in [1.54, 1.807) is 0 Å². The fraction of sp³-hybridized carbons (Fsp3) is 0.875. The average molecular weight is 282 g/mol. The molecule has 0 bridgehead atoms. The van der Waals surface area contributed by atoms with E-state index in [0.29, 0.717) is 12.3 Å². The van der Waals surface area contributed by atoms with Gasteiger partial charge in [-0.05, 0) is 36.5 Å². The highest BCUT2D eigenvalue weighted by molar-refractivity contribution is 5.74. The van der Waals surface area contributed by atoms with Gasteiger partial charge in [0.05, 0.1) is 11.8 Å². The fourth-order valence-corrected chi connectivity index (χ4v) is 4.92. The lowest BCUT2D eigenvalue weighted by molar-refractivity contribution is -0.163. The van der Waals surface area contributed by atoms with E-state index in [1.165, 1.54) is 0 Å². The van der Waals surface area contributed by atoms with Crippen LogP contribution in [-0.2, 0) is 9.59 Å². The molecule has 2 N–H and O–H groups in total. The molecule has 0 amide bonds. The maximum absolute atomic E-state index is 11.6. The van der Waals surface area contributed by atoms with E-state index < -0.39 is 11.9 Å². The van der Waals surface area contributed by atoms with Gasteiger partial charge >= 0.3 is 11.9 Å². The van der Waals surface area contributed by atoms with Crippen molar-refractivity contribution >= 4 is 11.9 Å². The van der Waals surface area contributed by atoms with Crippen molar-refractivity contribution in [1.29, 1.82) is 0 Å². The van der Waals surface area contributed by atoms with Gasteiger partial charge in [-0.2, -0.15) is 0 Å². The third-order valence-electron chi connectivity index (χ3n) is 5.58. The lowest BCUT2D eigenvalue weighted by Crippen LogP contribution is -2.49. The van der Waals surface area contributed by atoms with Crippen molar-refractivity contribution in [2.75, 3.05) is 0 Å². The highest BCUT2D eigenvalue weighted by atomic mass is 16.4. The molecule has 0 aromatic carbocycles. The van der Waals surface area contributed by atoms with Crippen LogP contribution in [0.3, 0.4) is 0 Å². The smallest absolute Gasteiger partial charge is 0.307 e. The predicted molar refractivity (Wildman–Crippen MR) is 75.3 cm³/mol. The van der Waals surface area contributed by atoms with Gasteiger partial charge in [0, 0.05) is 0 Å². The molecule has 4 nitrogen and oxygen atoms in total. The highest BCUT2D eigenvalue weighted by Gasteiger charge is 2.51. The molecule has 6 unspecified atom stereocenters. The Balaban J connectivity index is 2.32. The zero-order valence-electron chi connectivity index (χ0n) is 12.4. The minimum Gasteiger partial charge on any atom is -0.481 e. The second kappa shape index (κ2) is 6.15. The normalized spacial score (nSPS) is 40.9. The van der Waals surface area contributed by atoms with Crippen molar-refractivity contribution in [3.05, 3.63) is 0 Å². The standard InChI is InChI=1S/C16H26O4/c1-3-5-10-6-4-7-11-13(16(19)20)9(2)8-12(14(10)11)15(17)18/h9-14H,3-8H2,1-2H3,(H,17,18)(H,19,20). The predicted octanol–water partition coefficient (Wildman–Crippen LogP) is 3.26. The molecule has 0 saturated heterocycles. The van der Waals surface area contributed by atoms with Crippen molar-refractivity contribution < 1.29 is 19.8 Å². The number of carboxylic acid groups (broad SMARTS) is 2. The molecule has 2 aliphatic carbocycles. The lowest BCUT2D eigenvalue weighted by atomic mass is 9.54. The van der Waals surface area contributed by atoms with Gasteiger partial charge in [-0.15, -0.1) is 0 Å². The van der Waals surface area contributed by atoms with Gasteiger partial charge in [0.2, 0.25) is 0 Å². The van der Waals surface area contributed by atoms with Gasteiger partial charge in [0.15, 0.2) is 0 Å². The summed E-state index contributed by atoms with van der Waals surface area (Å²) in [4.78, 5) is 23.2. The molecule has 0 aliphatic heterocycles. The lowest BCUT2D eigenvalue weighted by Gasteiger charge is -2.49. The number of fused-ring (bicyclic) bond motifs is 1. The van der Waals surface area contributed by atoms with Gasteiger partial charge in [0.25, 0.3) is 0 Å². The van der Waals surface area contributed by atoms with Gasteiger partial charge in [-0.3, -0.25) is 9.59 Å². The highest BCUT2D eigenvalue weighted by Crippen LogP contribution is 2.52. The van der Waals surface area contributed by atoms with Crippen LogP contribution in [0.25, 0.3) is 0 Å². The molecule has 0 aromatic heterocycles. The first-order chi connectivity index (χ1) is 9.47. The number of rotatable bonds is 4. The number of hydrogen-bond donors (Lipinski definition) is 2. The van der Waals surface area contributed by atoms with Crippen LogP contribution in [0.15, 0.2) is 0 Å². The number of carbonyl (C=O) groups is 2. The minimum atomic E-state index is -0.728. The van der Waals surface area contributed by atoms with Gasteiger partial charge in [-0.25, -0.2) is 0 Å². The van der Waals surface area contributed by atoms with Crippen LogP contribution in [-0.4, -0.2) is 22.2 Å². The summed E-state index contributed by atoms with van der Waals surface area (Å²) in [6, 6.07) is 0. The average Bonchev–Trinajstić information content (AvgIpc) is 2.37. The summed E-state index contributed by atoms with van der Waals surface area (Å²) in [6.07, 6.45) is 5.61. The van der Waals surface area contributed by atoms with E-state index >= 15 is 0 Å². The Morgan fingerprint density at radius 3 is 2.40 bits per heavy atom. The fourth-order valence-electron chi connectivity index (χ4n) is 4.92. The molecule has 4 heteroatoms. The quantitative estimate of drug-likeness (QED) is 0.830. The van der Waals surface area contributed by atoms with E-state index in [2.05, 4.69) is 6.92 Å². The zero-order valence-corrected chi connectivity index (χ0v) is 12.4. The van der Waals surface area contributed by atoms with Crippen molar-refractivity contribution in [1.82, 2.24) is 0 Å². The minimum absolute atomic E-state index is 0.0322. The molecule has 2 saturated carbocycles. The molecule has 0 aromatic rings. The Morgan fingerprint density at radius 1 is 1.15 bits per heavy atom. The van der Waals surface area contributed by atoms with E-state index in [9.17, 15) is 19.8 Å². The Bertz CT molecular complexity index is 377. The van der Waals surface area contributed by atoms with Crippen molar-refractivity contribution in [3.8, 4) is 0 Å². The SMILES string of the molecule is CCCC1CCCC2C(C(=O)O)C(C)CC(C(=O)O)C12. The first-order valence-corrected chi connectivity index (χ1v) is 7.93. The summed E-state index contributed by atoms with van der Waals surface area (Å²) in [6.45, 7) is 4.04. The molecule has 114 valence electrons. The summed E-state index contributed by atoms with van der Waals surface area (Å²) < 4.78 is 0. The van der Waals surface area contributed by atoms with Crippen molar-refractivity contribution in [2.24, 2.45) is 35.5 Å². The van der Waals surface area contributed by atoms with Crippen LogP contribution in [0.4, 0.5) is 0 Å². The zero-order chi connectivity index (χ0) is 14.9. The Kier molecular flexibility index (Phi) is 4.71. The second-order valence-corrected chi connectivity index (χ2v) is 6.74. The molecule has 6 atom stereocenters. The third kappa shape index (κ3) is 2.70. The first-order valence-electron chi connectivity index (χ1n) is 7.93. The monoisotopic (exact) mass is 282 g/mol. The van der Waals surface area contributed by atoms with E-state index in [-0.39, 0.29) is 29.6 Å². The molecule has 20 heavy (non-hydrogen) atoms. The maximum Gasteiger partial charge on any atom is 0.307 e. The summed E-state index contributed by atoms with van der Waals surface area (Å²) in [5.74, 6) is -1.66. The van der Waals surface area contributed by atoms with E-state index in [0.717, 1.165) is 32.1 Å².